The van der Waals surface area contributed by atoms with E-state index in [0.717, 1.165) is 53.4 Å². The van der Waals surface area contributed by atoms with Crippen molar-refractivity contribution >= 4 is 68.1 Å². The summed E-state index contributed by atoms with van der Waals surface area (Å²) < 4.78 is 88.3. The van der Waals surface area contributed by atoms with E-state index in [1.165, 1.54) is 36.4 Å². The zero-order valence-electron chi connectivity index (χ0n) is 23.2. The molecular formula is C30H18BrF6N3O5S2. The molecule has 2 aliphatic heterocycles. The highest BCUT2D eigenvalue weighted by Gasteiger charge is 2.58. The van der Waals surface area contributed by atoms with Gasteiger partial charge in [-0.15, -0.1) is 0 Å². The molecule has 17 heteroatoms. The summed E-state index contributed by atoms with van der Waals surface area (Å²) in [6.07, 6.45) is -9.62. The molecule has 6 rings (SSSR count). The number of aromatic nitrogens is 1. The molecule has 1 aromatic heterocycles. The number of H-pyrrole nitrogens is 1. The Labute approximate surface area is 277 Å². The Kier molecular flexibility index (Phi) is 8.50. The third-order valence-electron chi connectivity index (χ3n) is 7.45. The fourth-order valence-electron chi connectivity index (χ4n) is 5.56. The second kappa shape index (κ2) is 12.2. The van der Waals surface area contributed by atoms with Gasteiger partial charge in [-0.3, -0.25) is 19.2 Å². The Morgan fingerprint density at radius 1 is 0.915 bits per heavy atom. The van der Waals surface area contributed by atoms with E-state index in [2.05, 4.69) is 26.2 Å². The van der Waals surface area contributed by atoms with Crippen LogP contribution >= 0.6 is 39.0 Å². The number of thiazole rings is 1. The molecule has 3 unspecified atom stereocenters. The van der Waals surface area contributed by atoms with E-state index < -0.39 is 81.1 Å². The lowest BCUT2D eigenvalue weighted by Gasteiger charge is -2.31. The monoisotopic (exact) mass is 757 g/mol. The van der Waals surface area contributed by atoms with Gasteiger partial charge in [0.25, 0.3) is 5.91 Å². The molecule has 2 aliphatic rings. The number of hydrogen-bond donors (Lipinski definition) is 2. The first kappa shape index (κ1) is 32.8. The highest BCUT2D eigenvalue weighted by molar-refractivity contribution is 9.10. The lowest BCUT2D eigenvalue weighted by Crippen LogP contribution is -2.33. The smallest absolute Gasteiger partial charge is 0.418 e. The van der Waals surface area contributed by atoms with Crippen molar-refractivity contribution in [1.29, 1.82) is 0 Å². The first-order valence-corrected chi connectivity index (χ1v) is 16.0. The zero-order valence-corrected chi connectivity index (χ0v) is 26.5. The van der Waals surface area contributed by atoms with Gasteiger partial charge in [-0.2, -0.15) is 26.3 Å². The van der Waals surface area contributed by atoms with E-state index in [4.69, 9.17) is 4.74 Å². The van der Waals surface area contributed by atoms with Crippen LogP contribution < -0.4 is 19.8 Å². The quantitative estimate of drug-likeness (QED) is 0.161. The standard InChI is InChI=1S/C30H18BrF6N3O5S2/c31-13-9-10-19(45-12-20(41)38-17-7-3-1-5-15(17)29(32,33)34)14(11-13)21-22-24(46-25-23(21)47-28(44)39-25)27(43)40(26(22)42)18-8-4-2-6-16(18)30(35,36)37/h1-11,21-22,24H,12H2,(H,38,41)(H,39,44). The van der Waals surface area contributed by atoms with E-state index >= 15 is 0 Å². The molecule has 3 aromatic carbocycles. The first-order chi connectivity index (χ1) is 22.1. The number of amides is 3. The SMILES string of the molecule is O=C(COc1ccc(Br)cc1C1c2sc(=O)[nH]c2SC2C(=O)N(c3ccccc3C(F)(F)F)C(=O)C21)Nc1ccccc1C(F)(F)F. The summed E-state index contributed by atoms with van der Waals surface area (Å²) in [5.74, 6) is -5.19. The molecule has 8 nitrogen and oxygen atoms in total. The highest BCUT2D eigenvalue weighted by atomic mass is 79.9. The maximum Gasteiger partial charge on any atom is 0.418 e. The van der Waals surface area contributed by atoms with E-state index in [1.807, 2.05) is 0 Å². The number of thioether (sulfide) groups is 1. The molecule has 3 amide bonds. The maximum atomic E-state index is 14.0. The summed E-state index contributed by atoms with van der Waals surface area (Å²) in [4.78, 5) is 55.9. The van der Waals surface area contributed by atoms with Crippen LogP contribution in [0.4, 0.5) is 37.7 Å². The predicted molar refractivity (Wildman–Crippen MR) is 164 cm³/mol. The highest BCUT2D eigenvalue weighted by Crippen LogP contribution is 2.55. The fraction of sp³-hybridized carbons (Fsp3) is 0.200. The van der Waals surface area contributed by atoms with Crippen LogP contribution in [-0.4, -0.2) is 34.6 Å². The molecule has 0 bridgehead atoms. The number of ether oxygens (including phenoxy) is 1. The van der Waals surface area contributed by atoms with Crippen molar-refractivity contribution in [3.63, 3.8) is 0 Å². The number of para-hydroxylation sites is 2. The van der Waals surface area contributed by atoms with Crippen molar-refractivity contribution in [3.8, 4) is 5.75 Å². The number of nitrogens with one attached hydrogen (secondary N) is 2. The maximum absolute atomic E-state index is 14.0. The molecule has 1 fully saturated rings. The van der Waals surface area contributed by atoms with Gasteiger partial charge in [-0.1, -0.05) is 63.3 Å². The van der Waals surface area contributed by atoms with Gasteiger partial charge in [-0.05, 0) is 42.5 Å². The molecule has 47 heavy (non-hydrogen) atoms. The van der Waals surface area contributed by atoms with Gasteiger partial charge >= 0.3 is 17.2 Å². The van der Waals surface area contributed by atoms with E-state index in [-0.39, 0.29) is 16.3 Å². The number of carbonyl (C=O) groups excluding carboxylic acids is 3. The van der Waals surface area contributed by atoms with Crippen LogP contribution in [0, 0.1) is 5.92 Å². The molecule has 0 spiro atoms. The molecule has 2 N–H and O–H groups in total. The third-order valence-corrected chi connectivity index (χ3v) is 10.3. The normalized spacial score (nSPS) is 19.4. The summed E-state index contributed by atoms with van der Waals surface area (Å²) in [5, 5.41) is 1.18. The van der Waals surface area contributed by atoms with Crippen LogP contribution in [0.1, 0.15) is 27.5 Å². The van der Waals surface area contributed by atoms with Gasteiger partial charge in [0.2, 0.25) is 11.8 Å². The number of aromatic amines is 1. The van der Waals surface area contributed by atoms with Crippen molar-refractivity contribution in [2.75, 3.05) is 16.8 Å². The van der Waals surface area contributed by atoms with Crippen molar-refractivity contribution < 1.29 is 45.5 Å². The van der Waals surface area contributed by atoms with Crippen LogP contribution in [0.25, 0.3) is 0 Å². The Bertz CT molecular complexity index is 1980. The molecular weight excluding hydrogens is 740 g/mol. The molecule has 3 heterocycles. The van der Waals surface area contributed by atoms with Crippen molar-refractivity contribution in [1.82, 2.24) is 4.98 Å². The Morgan fingerprint density at radius 2 is 1.57 bits per heavy atom. The minimum Gasteiger partial charge on any atom is -0.483 e. The van der Waals surface area contributed by atoms with E-state index in [9.17, 15) is 45.5 Å². The molecule has 0 radical (unpaired) electrons. The van der Waals surface area contributed by atoms with Crippen LogP contribution in [0.15, 0.2) is 81.0 Å². The molecule has 0 saturated carbocycles. The summed E-state index contributed by atoms with van der Waals surface area (Å²) in [7, 11) is 0. The van der Waals surface area contributed by atoms with E-state index in [1.54, 1.807) is 0 Å². The molecule has 0 aliphatic carbocycles. The summed E-state index contributed by atoms with van der Waals surface area (Å²) >= 11 is 4.94. The van der Waals surface area contributed by atoms with Crippen LogP contribution in [0.3, 0.4) is 0 Å². The Morgan fingerprint density at radius 3 is 2.28 bits per heavy atom. The van der Waals surface area contributed by atoms with Crippen molar-refractivity contribution in [3.05, 3.63) is 102 Å². The largest absolute Gasteiger partial charge is 0.483 e. The van der Waals surface area contributed by atoms with E-state index in [0.29, 0.717) is 14.2 Å². The van der Waals surface area contributed by atoms with Crippen molar-refractivity contribution in [2.24, 2.45) is 5.92 Å². The second-order valence-corrected chi connectivity index (χ2v) is 13.4. The lowest BCUT2D eigenvalue weighted by atomic mass is 9.82. The summed E-state index contributed by atoms with van der Waals surface area (Å²) in [5.41, 5.74) is -3.18. The average Bonchev–Trinajstić information content (AvgIpc) is 3.49. The molecule has 3 atom stereocenters. The number of nitrogens with zero attached hydrogens (tertiary/aromatic N) is 1. The minimum atomic E-state index is -4.88. The molecule has 1 saturated heterocycles. The van der Waals surface area contributed by atoms with Gasteiger partial charge in [-0.25, -0.2) is 4.90 Å². The van der Waals surface area contributed by atoms with Crippen molar-refractivity contribution in [2.45, 2.75) is 28.5 Å². The predicted octanol–water partition coefficient (Wildman–Crippen LogP) is 7.05. The number of anilines is 2. The Balaban J connectivity index is 1.37. The number of benzene rings is 3. The lowest BCUT2D eigenvalue weighted by molar-refractivity contribution is -0.138. The van der Waals surface area contributed by atoms with Crippen LogP contribution in [0.5, 0.6) is 5.75 Å². The molecule has 4 aromatic rings. The number of hydrogen-bond acceptors (Lipinski definition) is 7. The van der Waals surface area contributed by atoms with Gasteiger partial charge in [0.1, 0.15) is 11.0 Å². The zero-order chi connectivity index (χ0) is 33.8. The number of halogens is 7. The molecule has 244 valence electrons. The topological polar surface area (TPSA) is 109 Å². The fourth-order valence-corrected chi connectivity index (χ4v) is 8.45. The van der Waals surface area contributed by atoms with Gasteiger partial charge in [0.05, 0.1) is 33.4 Å². The van der Waals surface area contributed by atoms with Crippen LogP contribution in [0.2, 0.25) is 0 Å². The van der Waals surface area contributed by atoms with Gasteiger partial charge in [0, 0.05) is 20.8 Å². The first-order valence-electron chi connectivity index (χ1n) is 13.5. The van der Waals surface area contributed by atoms with Crippen LogP contribution in [-0.2, 0) is 26.7 Å². The van der Waals surface area contributed by atoms with Gasteiger partial charge < -0.3 is 15.0 Å². The number of fused-ring (bicyclic) bond motifs is 2. The number of alkyl halides is 6. The number of rotatable bonds is 6. The number of carbonyl (C=O) groups is 3. The third kappa shape index (κ3) is 6.18. The second-order valence-electron chi connectivity index (χ2n) is 10.3. The average molecular weight is 759 g/mol. The number of imide groups is 1. The summed E-state index contributed by atoms with van der Waals surface area (Å²) in [6, 6.07) is 13.0. The Hall–Kier alpha value is -4.09. The summed E-state index contributed by atoms with van der Waals surface area (Å²) in [6.45, 7) is -0.773. The van der Waals surface area contributed by atoms with Gasteiger partial charge in [0.15, 0.2) is 6.61 Å². The minimum absolute atomic E-state index is 0.00991.